The Morgan fingerprint density at radius 1 is 1.07 bits per heavy atom. The molecule has 2 aliphatic heterocycles. The van der Waals surface area contributed by atoms with Crippen LogP contribution in [-0.2, 0) is 16.1 Å². The number of hydrogen-bond donors (Lipinski definition) is 1. The number of thioether (sulfide) groups is 1. The van der Waals surface area contributed by atoms with Crippen molar-refractivity contribution in [1.29, 1.82) is 0 Å². The summed E-state index contributed by atoms with van der Waals surface area (Å²) in [4.78, 5) is 61.4. The Balaban J connectivity index is 1.38. The molecule has 0 unspecified atom stereocenters. The van der Waals surface area contributed by atoms with Gasteiger partial charge in [0.25, 0.3) is 11.5 Å². The number of unbranched alkanes of at least 4 members (excludes halogenated alkanes) is 1. The van der Waals surface area contributed by atoms with E-state index in [1.165, 1.54) is 25.8 Å². The molecule has 1 N–H and O–H groups in total. The second kappa shape index (κ2) is 12.2. The van der Waals surface area contributed by atoms with Crippen LogP contribution in [0.25, 0.3) is 0 Å². The molecule has 5 rings (SSSR count). The number of aromatic nitrogens is 2. The highest BCUT2D eigenvalue weighted by Gasteiger charge is 2.68. The van der Waals surface area contributed by atoms with E-state index in [0.29, 0.717) is 75.1 Å². The van der Waals surface area contributed by atoms with Gasteiger partial charge in [0.2, 0.25) is 5.88 Å². The fourth-order valence-electron chi connectivity index (χ4n) is 7.75. The van der Waals surface area contributed by atoms with Gasteiger partial charge in [-0.15, -0.1) is 11.8 Å². The van der Waals surface area contributed by atoms with Crippen LogP contribution < -0.4 is 11.2 Å². The smallest absolute Gasteiger partial charge is 0.334 e. The SMILES string of the molecule is CCCCn1c(O)c(C(=NC)SCC)c(=O)n(C2CCC3(CC2)CC2(C3)C(=O)N(C)C(=O)N2CC2CCOCC2)c1=O. The molecule has 2 spiro atoms. The highest BCUT2D eigenvalue weighted by atomic mass is 32.2. The minimum atomic E-state index is -0.781. The lowest BCUT2D eigenvalue weighted by Crippen LogP contribution is -2.64. The van der Waals surface area contributed by atoms with E-state index >= 15 is 0 Å². The Hall–Kier alpha value is -2.60. The van der Waals surface area contributed by atoms with E-state index in [1.807, 2.05) is 18.7 Å². The summed E-state index contributed by atoms with van der Waals surface area (Å²) in [7, 11) is 3.18. The van der Waals surface area contributed by atoms with Crippen molar-refractivity contribution < 1.29 is 19.4 Å². The molecule has 1 aromatic heterocycles. The molecule has 4 fully saturated rings. The van der Waals surface area contributed by atoms with Gasteiger partial charge in [-0.2, -0.15) is 0 Å². The Morgan fingerprint density at radius 3 is 2.33 bits per heavy atom. The molecular formula is C30H45N5O6S. The third-order valence-electron chi connectivity index (χ3n) is 10.0. The van der Waals surface area contributed by atoms with E-state index in [1.54, 1.807) is 14.1 Å². The number of ether oxygens (including phenoxy) is 1. The van der Waals surface area contributed by atoms with Gasteiger partial charge in [-0.1, -0.05) is 20.3 Å². The maximum Gasteiger partial charge on any atom is 0.334 e. The van der Waals surface area contributed by atoms with Gasteiger partial charge in [0, 0.05) is 46.4 Å². The van der Waals surface area contributed by atoms with Crippen molar-refractivity contribution in [2.45, 2.75) is 96.2 Å². The predicted octanol–water partition coefficient (Wildman–Crippen LogP) is 3.60. The molecule has 0 atom stereocenters. The van der Waals surface area contributed by atoms with Crippen molar-refractivity contribution in [3.63, 3.8) is 0 Å². The first-order chi connectivity index (χ1) is 20.1. The molecule has 2 aliphatic carbocycles. The monoisotopic (exact) mass is 603 g/mol. The largest absolute Gasteiger partial charge is 0.494 e. The van der Waals surface area contributed by atoms with Crippen LogP contribution >= 0.6 is 11.8 Å². The molecule has 2 saturated carbocycles. The summed E-state index contributed by atoms with van der Waals surface area (Å²) in [6.45, 7) is 6.26. The number of likely N-dealkylation sites (N-methyl/N-ethyl adjacent to an activating group) is 1. The number of urea groups is 1. The van der Waals surface area contributed by atoms with E-state index in [4.69, 9.17) is 4.74 Å². The van der Waals surface area contributed by atoms with Crippen molar-refractivity contribution in [2.24, 2.45) is 16.3 Å². The third kappa shape index (κ3) is 5.12. The minimum Gasteiger partial charge on any atom is -0.494 e. The standard InChI is InChI=1S/C30H45N5O6S/c1-5-7-14-33-24(36)22(23(31-3)42-6-2)25(37)35(28(33)40)21-8-12-29(13-9-21)18-30(19-29)26(38)32(4)27(39)34(30)17-20-10-15-41-16-11-20/h20-21,36H,5-19H2,1-4H3. The van der Waals surface area contributed by atoms with Crippen molar-refractivity contribution in [1.82, 2.24) is 18.9 Å². The van der Waals surface area contributed by atoms with Gasteiger partial charge < -0.3 is 14.7 Å². The van der Waals surface area contributed by atoms with Gasteiger partial charge in [0.1, 0.15) is 16.1 Å². The normalized spacial score (nSPS) is 28.8. The number of carbonyl (C=O) groups is 2. The number of aromatic hydroxyl groups is 1. The fourth-order valence-corrected chi connectivity index (χ4v) is 8.47. The molecule has 12 heteroatoms. The summed E-state index contributed by atoms with van der Waals surface area (Å²) >= 11 is 1.37. The van der Waals surface area contributed by atoms with Gasteiger partial charge in [0.15, 0.2) is 0 Å². The van der Waals surface area contributed by atoms with Crippen LogP contribution in [0.15, 0.2) is 14.6 Å². The van der Waals surface area contributed by atoms with E-state index in [-0.39, 0.29) is 34.8 Å². The number of carbonyl (C=O) groups excluding carboxylic acids is 2. The Morgan fingerprint density at radius 2 is 1.74 bits per heavy atom. The lowest BCUT2D eigenvalue weighted by atomic mass is 9.51. The highest BCUT2D eigenvalue weighted by Crippen LogP contribution is 2.62. The van der Waals surface area contributed by atoms with Gasteiger partial charge in [-0.25, -0.2) is 9.59 Å². The summed E-state index contributed by atoms with van der Waals surface area (Å²) in [5.74, 6) is 0.599. The second-order valence-corrected chi connectivity index (χ2v) is 13.8. The van der Waals surface area contributed by atoms with Crippen molar-refractivity contribution in [3.8, 4) is 5.88 Å². The Labute approximate surface area is 251 Å². The summed E-state index contributed by atoms with van der Waals surface area (Å²) in [6, 6.07) is -0.504. The van der Waals surface area contributed by atoms with Crippen LogP contribution in [0.3, 0.4) is 0 Å². The quantitative estimate of drug-likeness (QED) is 0.273. The topological polar surface area (TPSA) is 126 Å². The maximum absolute atomic E-state index is 13.8. The average Bonchev–Trinajstić information content (AvgIpc) is 3.14. The van der Waals surface area contributed by atoms with Crippen molar-refractivity contribution in [3.05, 3.63) is 26.4 Å². The molecule has 2 saturated heterocycles. The first-order valence-corrected chi connectivity index (χ1v) is 16.5. The number of amides is 3. The van der Waals surface area contributed by atoms with Crippen LogP contribution in [0, 0.1) is 11.3 Å². The molecule has 3 heterocycles. The number of aliphatic imine (C=N–C) groups is 1. The van der Waals surface area contributed by atoms with Gasteiger partial charge in [-0.3, -0.25) is 28.6 Å². The third-order valence-corrected chi connectivity index (χ3v) is 11.0. The fraction of sp³-hybridized carbons (Fsp3) is 0.767. The molecule has 232 valence electrons. The highest BCUT2D eigenvalue weighted by molar-refractivity contribution is 8.14. The molecule has 4 aliphatic rings. The summed E-state index contributed by atoms with van der Waals surface area (Å²) in [6.07, 6.45) is 7.37. The van der Waals surface area contributed by atoms with Crippen LogP contribution in [0.4, 0.5) is 4.79 Å². The average molecular weight is 604 g/mol. The lowest BCUT2D eigenvalue weighted by molar-refractivity contribution is -0.150. The zero-order valence-corrected chi connectivity index (χ0v) is 26.2. The number of rotatable bonds is 8. The van der Waals surface area contributed by atoms with Crippen LogP contribution in [0.5, 0.6) is 5.88 Å². The van der Waals surface area contributed by atoms with E-state index in [0.717, 1.165) is 32.1 Å². The van der Waals surface area contributed by atoms with E-state index in [2.05, 4.69) is 4.99 Å². The number of hydrogen-bond acceptors (Lipinski definition) is 8. The first-order valence-electron chi connectivity index (χ1n) is 15.5. The molecule has 0 bridgehead atoms. The molecule has 3 amide bonds. The molecular weight excluding hydrogens is 558 g/mol. The maximum atomic E-state index is 13.8. The van der Waals surface area contributed by atoms with Crippen LogP contribution in [0.1, 0.15) is 89.7 Å². The molecule has 42 heavy (non-hydrogen) atoms. The zero-order chi connectivity index (χ0) is 30.2. The lowest BCUT2D eigenvalue weighted by Gasteiger charge is -2.58. The molecule has 1 aromatic rings. The van der Waals surface area contributed by atoms with Gasteiger partial charge in [0.05, 0.1) is 0 Å². The summed E-state index contributed by atoms with van der Waals surface area (Å²) in [5.41, 5.74) is -1.73. The predicted molar refractivity (Wildman–Crippen MR) is 162 cm³/mol. The van der Waals surface area contributed by atoms with Crippen molar-refractivity contribution >= 4 is 28.7 Å². The second-order valence-electron chi connectivity index (χ2n) is 12.6. The van der Waals surface area contributed by atoms with Crippen LogP contribution in [0.2, 0.25) is 0 Å². The van der Waals surface area contributed by atoms with E-state index in [9.17, 15) is 24.3 Å². The molecule has 0 radical (unpaired) electrons. The number of nitrogens with zero attached hydrogens (tertiary/aromatic N) is 5. The van der Waals surface area contributed by atoms with E-state index < -0.39 is 16.8 Å². The van der Waals surface area contributed by atoms with Crippen molar-refractivity contribution in [2.75, 3.05) is 39.6 Å². The zero-order valence-electron chi connectivity index (χ0n) is 25.4. The summed E-state index contributed by atoms with van der Waals surface area (Å²) in [5, 5.41) is 11.5. The first kappa shape index (κ1) is 30.8. The molecule has 11 nitrogen and oxygen atoms in total. The minimum absolute atomic E-state index is 0.0930. The Bertz CT molecular complexity index is 1350. The van der Waals surface area contributed by atoms with Gasteiger partial charge >= 0.3 is 11.7 Å². The Kier molecular flexibility index (Phi) is 8.95. The summed E-state index contributed by atoms with van der Waals surface area (Å²) < 4.78 is 8.18. The number of imide groups is 1. The molecule has 0 aromatic carbocycles. The van der Waals surface area contributed by atoms with Crippen LogP contribution in [-0.4, -0.2) is 86.2 Å². The van der Waals surface area contributed by atoms with Gasteiger partial charge in [-0.05, 0) is 74.9 Å².